The SMILES string of the molecule is CCNC(CO)OC(COC(=O)NCCC(=O)NC(C(=O)NCC(=O)Nc1ccc(COC(=O)N(C)C(C(=O)NCC(=O)N(C)[C@@H]([C@@H](C)CC)[C@@H](CC(=O)N2CCC[C@H]2[C@H](OC)[C@@H](C)C(=O)N[C@H](C)[C@@H](O)c2ccccc2)OC)C(C)C)cc1)C(C)C)OC(C)(C)C. The number of alkyl carbamates (subject to hydrolysis) is 1. The molecule has 0 bridgehead atoms. The molecule has 12 atom stereocenters. The highest BCUT2D eigenvalue weighted by molar-refractivity contribution is 5.96. The summed E-state index contributed by atoms with van der Waals surface area (Å²) in [6.07, 6.45) is -4.09. The molecule has 0 radical (unpaired) electrons. The summed E-state index contributed by atoms with van der Waals surface area (Å²) in [5, 5.41) is 39.4. The number of ether oxygens (including phenoxy) is 6. The second-order valence-corrected chi connectivity index (χ2v) is 24.9. The van der Waals surface area contributed by atoms with E-state index in [4.69, 9.17) is 28.4 Å². The first kappa shape index (κ1) is 79.2. The van der Waals surface area contributed by atoms with Gasteiger partial charge in [-0.1, -0.05) is 104 Å². The van der Waals surface area contributed by atoms with Gasteiger partial charge in [-0.15, -0.1) is 0 Å². The summed E-state index contributed by atoms with van der Waals surface area (Å²) < 4.78 is 34.2. The van der Waals surface area contributed by atoms with Crippen LogP contribution in [0.25, 0.3) is 0 Å². The van der Waals surface area contributed by atoms with Gasteiger partial charge in [0.15, 0.2) is 6.29 Å². The fraction of sp³-hybridized carbons (Fsp3) is 0.677. The first-order valence-electron chi connectivity index (χ1n) is 31.8. The van der Waals surface area contributed by atoms with Crippen LogP contribution in [0.15, 0.2) is 54.6 Å². The number of likely N-dealkylation sites (tertiary alicyclic amines) is 1. The molecule has 9 amide bonds. The van der Waals surface area contributed by atoms with Gasteiger partial charge in [0.2, 0.25) is 41.4 Å². The van der Waals surface area contributed by atoms with Crippen LogP contribution in [0.3, 0.4) is 0 Å². The highest BCUT2D eigenvalue weighted by atomic mass is 16.7. The summed E-state index contributed by atoms with van der Waals surface area (Å²) in [6, 6.07) is 11.8. The maximum Gasteiger partial charge on any atom is 0.410 e. The number of carbonyl (C=O) groups is 9. The maximum absolute atomic E-state index is 14.3. The number of hydrogen-bond donors (Lipinski definition) is 9. The molecule has 1 heterocycles. The summed E-state index contributed by atoms with van der Waals surface area (Å²) in [5.41, 5.74) is 0.935. The number of carbonyl (C=O) groups excluding carboxylic acids is 9. The molecule has 0 aromatic heterocycles. The van der Waals surface area contributed by atoms with Crippen LogP contribution in [0.4, 0.5) is 15.3 Å². The van der Waals surface area contributed by atoms with Crippen LogP contribution in [0.2, 0.25) is 0 Å². The summed E-state index contributed by atoms with van der Waals surface area (Å²) in [5.74, 6) is -4.92. The van der Waals surface area contributed by atoms with E-state index in [1.807, 2.05) is 39.0 Å². The molecule has 2 aromatic rings. The average Bonchev–Trinajstić information content (AvgIpc) is 1.57. The van der Waals surface area contributed by atoms with Crippen molar-refractivity contribution in [3.8, 4) is 0 Å². The number of rotatable bonds is 38. The van der Waals surface area contributed by atoms with Crippen molar-refractivity contribution in [1.82, 2.24) is 46.6 Å². The van der Waals surface area contributed by atoms with E-state index in [9.17, 15) is 53.4 Å². The molecule has 27 heteroatoms. The van der Waals surface area contributed by atoms with Crippen LogP contribution < -0.4 is 37.2 Å². The standard InChI is InChI=1S/C65H106N10O17/c1-17-41(7)57(48(87-15)33-52(79)75-32-22-25-47(75)59(88-16)42(8)60(82)70-43(9)58(81)45-23-20-19-21-24-45)73(13)53(80)35-69-62(84)56(40(5)6)74(14)64(86)90-37-44-26-28-46(29-27-44)71-50(78)34-68-61(83)55(39(3)4)72-49(77)30-31-67-63(85)89-38-54(92-65(10,11)12)91-51(36-76)66-18-2/h19-21,23-24,26-29,39-43,47-48,51,54-59,66,76,81H,17-18,22,25,30-38H2,1-16H3,(H,67,85)(H,68,83)(H,69,84)(H,70,82)(H,71,78)(H,72,77)/t41-,42+,43+,47-,48+,51?,54?,55?,56?,57-,58+,59+/m0/s1. The third-order valence-electron chi connectivity index (χ3n) is 16.0. The highest BCUT2D eigenvalue weighted by Gasteiger charge is 2.43. The third kappa shape index (κ3) is 25.8. The summed E-state index contributed by atoms with van der Waals surface area (Å²) >= 11 is 0. The van der Waals surface area contributed by atoms with Crippen molar-refractivity contribution in [3.05, 3.63) is 65.7 Å². The monoisotopic (exact) mass is 1300 g/mol. The number of aliphatic hydroxyl groups excluding tert-OH is 2. The summed E-state index contributed by atoms with van der Waals surface area (Å²) in [4.78, 5) is 125. The minimum absolute atomic E-state index is 0.0784. The van der Waals surface area contributed by atoms with Gasteiger partial charge in [-0.2, -0.15) is 0 Å². The Hall–Kier alpha value is -7.01. The second kappa shape index (κ2) is 39.5. The quantitative estimate of drug-likeness (QED) is 0.0430. The minimum atomic E-state index is -1.04. The second-order valence-electron chi connectivity index (χ2n) is 24.9. The summed E-state index contributed by atoms with van der Waals surface area (Å²) in [6.45, 7) is 20.7. The molecule has 1 aliphatic rings. The smallest absolute Gasteiger partial charge is 0.410 e. The van der Waals surface area contributed by atoms with E-state index >= 15 is 0 Å². The number of aliphatic hydroxyl groups is 2. The lowest BCUT2D eigenvalue weighted by Crippen LogP contribution is -2.56. The lowest BCUT2D eigenvalue weighted by atomic mass is 9.90. The van der Waals surface area contributed by atoms with Gasteiger partial charge in [0.05, 0.1) is 74.1 Å². The first-order chi connectivity index (χ1) is 43.4. The molecule has 1 aliphatic heterocycles. The van der Waals surface area contributed by atoms with E-state index in [0.29, 0.717) is 49.2 Å². The Morgan fingerprint density at radius 1 is 0.761 bits per heavy atom. The van der Waals surface area contributed by atoms with Crippen molar-refractivity contribution in [2.24, 2.45) is 23.7 Å². The van der Waals surface area contributed by atoms with Gasteiger partial charge in [0, 0.05) is 53.5 Å². The number of nitrogens with zero attached hydrogens (tertiary/aromatic N) is 3. The van der Waals surface area contributed by atoms with Crippen LogP contribution >= 0.6 is 0 Å². The van der Waals surface area contributed by atoms with E-state index in [1.165, 1.54) is 26.2 Å². The third-order valence-corrected chi connectivity index (χ3v) is 16.0. The number of amides is 9. The number of methoxy groups -OCH3 is 2. The Morgan fingerprint density at radius 2 is 1.41 bits per heavy atom. The van der Waals surface area contributed by atoms with Gasteiger partial charge >= 0.3 is 12.2 Å². The Balaban J connectivity index is 1.50. The van der Waals surface area contributed by atoms with Crippen LogP contribution in [0.5, 0.6) is 0 Å². The lowest BCUT2D eigenvalue weighted by Gasteiger charge is -2.39. The van der Waals surface area contributed by atoms with Crippen molar-refractivity contribution in [3.63, 3.8) is 0 Å². The Morgan fingerprint density at radius 3 is 1.99 bits per heavy atom. The highest BCUT2D eigenvalue weighted by Crippen LogP contribution is 2.30. The number of hydrogen-bond acceptors (Lipinski definition) is 18. The normalized spacial score (nSPS) is 16.9. The van der Waals surface area contributed by atoms with Crippen molar-refractivity contribution < 1.29 is 81.8 Å². The van der Waals surface area contributed by atoms with E-state index in [2.05, 4.69) is 37.2 Å². The molecule has 0 spiro atoms. The molecule has 1 fully saturated rings. The fourth-order valence-corrected chi connectivity index (χ4v) is 10.9. The van der Waals surface area contributed by atoms with Gasteiger partial charge < -0.3 is 80.3 Å². The van der Waals surface area contributed by atoms with E-state index < -0.39 is 133 Å². The molecular formula is C65H106N10O17. The van der Waals surface area contributed by atoms with Crippen LogP contribution in [0, 0.1) is 23.7 Å². The zero-order chi connectivity index (χ0) is 69.0. The molecular weight excluding hydrogens is 1190 g/mol. The van der Waals surface area contributed by atoms with Crippen molar-refractivity contribution >= 4 is 59.2 Å². The van der Waals surface area contributed by atoms with Crippen LogP contribution in [-0.2, 0) is 68.6 Å². The van der Waals surface area contributed by atoms with Crippen molar-refractivity contribution in [2.45, 2.75) is 188 Å². The Bertz CT molecular complexity index is 2650. The average molecular weight is 1300 g/mol. The molecule has 92 heavy (non-hydrogen) atoms. The maximum atomic E-state index is 14.3. The van der Waals surface area contributed by atoms with Gasteiger partial charge in [0.1, 0.15) is 31.5 Å². The predicted octanol–water partition coefficient (Wildman–Crippen LogP) is 3.95. The van der Waals surface area contributed by atoms with Crippen LogP contribution in [-0.4, -0.2) is 213 Å². The van der Waals surface area contributed by atoms with Crippen molar-refractivity contribution in [1.29, 1.82) is 0 Å². The number of nitrogens with one attached hydrogen (secondary N) is 7. The van der Waals surface area contributed by atoms with E-state index in [-0.39, 0.29) is 62.9 Å². The molecule has 1 saturated heterocycles. The molecule has 518 valence electrons. The van der Waals surface area contributed by atoms with E-state index in [0.717, 1.165) is 4.90 Å². The van der Waals surface area contributed by atoms with Crippen LogP contribution in [0.1, 0.15) is 132 Å². The van der Waals surface area contributed by atoms with Gasteiger partial charge in [-0.25, -0.2) is 9.59 Å². The minimum Gasteiger partial charge on any atom is -0.445 e. The van der Waals surface area contributed by atoms with E-state index in [1.54, 1.807) is 111 Å². The van der Waals surface area contributed by atoms with Gasteiger partial charge in [-0.05, 0) is 88.1 Å². The zero-order valence-electron chi connectivity index (χ0n) is 56.8. The molecule has 4 unspecified atom stereocenters. The largest absolute Gasteiger partial charge is 0.445 e. The van der Waals surface area contributed by atoms with Gasteiger partial charge in [-0.3, -0.25) is 43.8 Å². The first-order valence-corrected chi connectivity index (χ1v) is 31.8. The number of benzene rings is 2. The Labute approximate surface area is 543 Å². The fourth-order valence-electron chi connectivity index (χ4n) is 10.9. The zero-order valence-corrected chi connectivity index (χ0v) is 56.8. The molecule has 0 saturated carbocycles. The molecule has 9 N–H and O–H groups in total. The Kier molecular flexibility index (Phi) is 34.0. The molecule has 2 aromatic carbocycles. The lowest BCUT2D eigenvalue weighted by molar-refractivity contribution is -0.237. The van der Waals surface area contributed by atoms with Crippen molar-refractivity contribution in [2.75, 3.05) is 79.6 Å². The predicted molar refractivity (Wildman–Crippen MR) is 344 cm³/mol. The number of anilines is 1. The molecule has 0 aliphatic carbocycles. The number of likely N-dealkylation sites (N-methyl/N-ethyl adjacent to an activating group) is 3. The summed E-state index contributed by atoms with van der Waals surface area (Å²) in [7, 11) is 6.02. The topological polar surface area (TPSA) is 343 Å². The van der Waals surface area contributed by atoms with Gasteiger partial charge in [0.25, 0.3) is 0 Å². The molecule has 3 rings (SSSR count). The molecule has 27 nitrogen and oxygen atoms in total.